The third-order valence-corrected chi connectivity index (χ3v) is 2.87. The Morgan fingerprint density at radius 3 is 2.87 bits per heavy atom. The minimum Gasteiger partial charge on any atom is -0.490 e. The summed E-state index contributed by atoms with van der Waals surface area (Å²) in [5, 5.41) is 0.711. The van der Waals surface area contributed by atoms with Gasteiger partial charge in [-0.25, -0.2) is 0 Å². The van der Waals surface area contributed by atoms with Crippen molar-refractivity contribution in [1.29, 1.82) is 0 Å². The maximum atomic E-state index is 11.1. The van der Waals surface area contributed by atoms with Crippen molar-refractivity contribution in [3.05, 3.63) is 28.8 Å². The van der Waals surface area contributed by atoms with Crippen molar-refractivity contribution in [2.24, 2.45) is 0 Å². The molecule has 1 saturated carbocycles. The topological polar surface area (TPSA) is 26.3 Å². The molecule has 80 valence electrons. The molecular formula is C12H13ClO2. The molecule has 1 aromatic rings. The van der Waals surface area contributed by atoms with Crippen molar-refractivity contribution in [3.63, 3.8) is 0 Å². The summed E-state index contributed by atoms with van der Waals surface area (Å²) < 4.78 is 5.75. The maximum Gasteiger partial charge on any atom is 0.136 e. The van der Waals surface area contributed by atoms with Crippen LogP contribution in [0.2, 0.25) is 5.02 Å². The molecule has 15 heavy (non-hydrogen) atoms. The second-order valence-electron chi connectivity index (χ2n) is 3.93. The minimum absolute atomic E-state index is 0.0531. The zero-order chi connectivity index (χ0) is 10.8. The molecule has 2 nitrogen and oxygen atoms in total. The highest BCUT2D eigenvalue weighted by Gasteiger charge is 2.23. The number of ketones is 1. The van der Waals surface area contributed by atoms with Crippen LogP contribution in [0.4, 0.5) is 0 Å². The summed E-state index contributed by atoms with van der Waals surface area (Å²) in [5.41, 5.74) is 1.02. The van der Waals surface area contributed by atoms with Gasteiger partial charge in [0.2, 0.25) is 0 Å². The van der Waals surface area contributed by atoms with Gasteiger partial charge in [0.15, 0.2) is 0 Å². The monoisotopic (exact) mass is 224 g/mol. The number of rotatable bonds is 2. The van der Waals surface area contributed by atoms with Gasteiger partial charge < -0.3 is 4.74 Å². The molecule has 1 fully saturated rings. The van der Waals surface area contributed by atoms with Crippen molar-refractivity contribution in [2.45, 2.75) is 32.3 Å². The lowest BCUT2D eigenvalue weighted by Crippen LogP contribution is -2.12. The van der Waals surface area contributed by atoms with E-state index in [9.17, 15) is 4.79 Å². The van der Waals surface area contributed by atoms with E-state index in [0.29, 0.717) is 23.6 Å². The quantitative estimate of drug-likeness (QED) is 0.772. The first kappa shape index (κ1) is 10.5. The zero-order valence-corrected chi connectivity index (χ0v) is 9.38. The Bertz CT molecular complexity index is 387. The molecule has 1 aromatic carbocycles. The molecule has 0 aliphatic heterocycles. The molecule has 1 unspecified atom stereocenters. The molecule has 0 heterocycles. The van der Waals surface area contributed by atoms with Crippen LogP contribution in [0.3, 0.4) is 0 Å². The van der Waals surface area contributed by atoms with E-state index < -0.39 is 0 Å². The molecule has 2 rings (SSSR count). The van der Waals surface area contributed by atoms with Gasteiger partial charge in [-0.15, -0.1) is 0 Å². The van der Waals surface area contributed by atoms with E-state index >= 15 is 0 Å². The summed E-state index contributed by atoms with van der Waals surface area (Å²) in [5.74, 6) is 1.13. The highest BCUT2D eigenvalue weighted by atomic mass is 35.5. The van der Waals surface area contributed by atoms with Crippen LogP contribution in [0.25, 0.3) is 0 Å². The molecule has 0 radical (unpaired) electrons. The number of hydrogen-bond donors (Lipinski definition) is 0. The fraction of sp³-hybridized carbons (Fsp3) is 0.417. The molecule has 0 bridgehead atoms. The number of halogens is 1. The summed E-state index contributed by atoms with van der Waals surface area (Å²) >= 11 is 5.85. The predicted octanol–water partition coefficient (Wildman–Crippen LogP) is 3.15. The van der Waals surface area contributed by atoms with E-state index in [1.165, 1.54) is 0 Å². The highest BCUT2D eigenvalue weighted by molar-refractivity contribution is 6.30. The normalized spacial score (nSPS) is 20.7. The van der Waals surface area contributed by atoms with Crippen LogP contribution in [-0.2, 0) is 4.79 Å². The fourth-order valence-electron chi connectivity index (χ4n) is 1.81. The van der Waals surface area contributed by atoms with Gasteiger partial charge in [0.05, 0.1) is 0 Å². The standard InChI is InChI=1S/C12H13ClO2/c1-8-6-9(13)2-5-12(8)15-11-4-3-10(14)7-11/h2,5-6,11H,3-4,7H2,1H3. The first-order valence-electron chi connectivity index (χ1n) is 5.09. The predicted molar refractivity (Wildman–Crippen MR) is 59.5 cm³/mol. The Morgan fingerprint density at radius 1 is 1.47 bits per heavy atom. The van der Waals surface area contributed by atoms with Crippen LogP contribution in [0.1, 0.15) is 24.8 Å². The molecule has 0 aromatic heterocycles. The molecule has 3 heteroatoms. The summed E-state index contributed by atoms with van der Waals surface area (Å²) in [6, 6.07) is 5.54. The lowest BCUT2D eigenvalue weighted by Gasteiger charge is -2.14. The Morgan fingerprint density at radius 2 is 2.27 bits per heavy atom. The first-order valence-corrected chi connectivity index (χ1v) is 5.47. The van der Waals surface area contributed by atoms with Crippen LogP contribution in [-0.4, -0.2) is 11.9 Å². The van der Waals surface area contributed by atoms with Gasteiger partial charge in [0.25, 0.3) is 0 Å². The van der Waals surface area contributed by atoms with Crippen LogP contribution < -0.4 is 4.74 Å². The van der Waals surface area contributed by atoms with Crippen LogP contribution >= 0.6 is 11.6 Å². The maximum absolute atomic E-state index is 11.1. The van der Waals surface area contributed by atoms with E-state index in [1.807, 2.05) is 19.1 Å². The molecular weight excluding hydrogens is 212 g/mol. The third kappa shape index (κ3) is 2.51. The molecule has 0 spiro atoms. The Kier molecular flexibility index (Phi) is 2.96. The van der Waals surface area contributed by atoms with Crippen molar-refractivity contribution >= 4 is 17.4 Å². The number of benzene rings is 1. The lowest BCUT2D eigenvalue weighted by molar-refractivity contribution is -0.117. The van der Waals surface area contributed by atoms with E-state index in [4.69, 9.17) is 16.3 Å². The first-order chi connectivity index (χ1) is 7.15. The zero-order valence-electron chi connectivity index (χ0n) is 8.63. The van der Waals surface area contributed by atoms with Crippen LogP contribution in [0, 0.1) is 6.92 Å². The van der Waals surface area contributed by atoms with Crippen molar-refractivity contribution in [3.8, 4) is 5.75 Å². The molecule has 0 N–H and O–H groups in total. The van der Waals surface area contributed by atoms with Gasteiger partial charge in [-0.1, -0.05) is 11.6 Å². The molecule has 0 amide bonds. The summed E-state index contributed by atoms with van der Waals surface area (Å²) in [4.78, 5) is 11.1. The average molecular weight is 225 g/mol. The number of Topliss-reactive ketones (excluding diaryl/α,β-unsaturated/α-hetero) is 1. The molecule has 1 aliphatic rings. The highest BCUT2D eigenvalue weighted by Crippen LogP contribution is 2.26. The Balaban J connectivity index is 2.07. The summed E-state index contributed by atoms with van der Waals surface area (Å²) in [6.45, 7) is 1.96. The van der Waals surface area contributed by atoms with Crippen LogP contribution in [0.15, 0.2) is 18.2 Å². The van der Waals surface area contributed by atoms with Gasteiger partial charge in [-0.05, 0) is 37.1 Å². The largest absolute Gasteiger partial charge is 0.490 e. The molecule has 1 aliphatic carbocycles. The summed E-state index contributed by atoms with van der Waals surface area (Å²) in [7, 11) is 0. The minimum atomic E-state index is 0.0531. The smallest absolute Gasteiger partial charge is 0.136 e. The van der Waals surface area contributed by atoms with Gasteiger partial charge in [0.1, 0.15) is 17.6 Å². The second kappa shape index (κ2) is 4.23. The van der Waals surface area contributed by atoms with E-state index in [0.717, 1.165) is 17.7 Å². The fourth-order valence-corrected chi connectivity index (χ4v) is 2.03. The second-order valence-corrected chi connectivity index (χ2v) is 4.37. The Hall–Kier alpha value is -1.02. The Labute approximate surface area is 94.2 Å². The van der Waals surface area contributed by atoms with E-state index in [-0.39, 0.29) is 6.10 Å². The number of aryl methyl sites for hydroxylation is 1. The number of hydrogen-bond acceptors (Lipinski definition) is 2. The van der Waals surface area contributed by atoms with Crippen molar-refractivity contribution < 1.29 is 9.53 Å². The number of carbonyl (C=O) groups is 1. The number of ether oxygens (including phenoxy) is 1. The van der Waals surface area contributed by atoms with Crippen molar-refractivity contribution in [2.75, 3.05) is 0 Å². The van der Waals surface area contributed by atoms with E-state index in [1.54, 1.807) is 6.07 Å². The molecule has 0 saturated heterocycles. The lowest BCUT2D eigenvalue weighted by atomic mass is 10.2. The van der Waals surface area contributed by atoms with Crippen molar-refractivity contribution in [1.82, 2.24) is 0 Å². The van der Waals surface area contributed by atoms with Gasteiger partial charge >= 0.3 is 0 Å². The van der Waals surface area contributed by atoms with Gasteiger partial charge in [0, 0.05) is 17.9 Å². The van der Waals surface area contributed by atoms with Crippen LogP contribution in [0.5, 0.6) is 5.75 Å². The van der Waals surface area contributed by atoms with Gasteiger partial charge in [-0.3, -0.25) is 4.79 Å². The van der Waals surface area contributed by atoms with Gasteiger partial charge in [-0.2, -0.15) is 0 Å². The third-order valence-electron chi connectivity index (χ3n) is 2.63. The molecule has 1 atom stereocenters. The number of carbonyl (C=O) groups excluding carboxylic acids is 1. The summed E-state index contributed by atoms with van der Waals surface area (Å²) in [6.07, 6.45) is 2.08. The SMILES string of the molecule is Cc1cc(Cl)ccc1OC1CCC(=O)C1. The van der Waals surface area contributed by atoms with E-state index in [2.05, 4.69) is 0 Å². The average Bonchev–Trinajstić information content (AvgIpc) is 2.56.